The Bertz CT molecular complexity index is 1140. The van der Waals surface area contributed by atoms with Gasteiger partial charge in [-0.15, -0.1) is 11.0 Å². The maximum Gasteiger partial charge on any atom is 0.284 e. The van der Waals surface area contributed by atoms with E-state index in [9.17, 15) is 18.0 Å². The van der Waals surface area contributed by atoms with E-state index in [1.807, 2.05) is 26.0 Å². The van der Waals surface area contributed by atoms with Crippen LogP contribution in [0.15, 0.2) is 70.5 Å². The summed E-state index contributed by atoms with van der Waals surface area (Å²) in [7, 11) is -4.01. The highest BCUT2D eigenvalue weighted by atomic mass is 32.2. The summed E-state index contributed by atoms with van der Waals surface area (Å²) in [4.78, 5) is 26.6. The predicted molar refractivity (Wildman–Crippen MR) is 128 cm³/mol. The molecule has 1 saturated heterocycles. The van der Waals surface area contributed by atoms with Gasteiger partial charge < -0.3 is 5.32 Å². The number of carbonyl (C=O) groups excluding carboxylic acids is 2. The number of amidine groups is 1. The molecule has 1 aliphatic heterocycles. The van der Waals surface area contributed by atoms with Crippen LogP contribution in [0.4, 0.5) is 5.69 Å². The second kappa shape index (κ2) is 10.1. The van der Waals surface area contributed by atoms with Gasteiger partial charge in [0.15, 0.2) is 5.17 Å². The SMILES string of the molecule is C=CCN1C(=O)C(CC(=O)Nc2ccc(C)cc2)S/C1=N\S(=O)(=O)c1ccc(CC)cc1. The molecule has 2 aromatic carbocycles. The molecule has 32 heavy (non-hydrogen) atoms. The summed E-state index contributed by atoms with van der Waals surface area (Å²) < 4.78 is 29.5. The summed E-state index contributed by atoms with van der Waals surface area (Å²) >= 11 is 0.976. The standard InChI is InChI=1S/C23H25N3O4S2/c1-4-14-26-22(28)20(15-21(27)24-18-10-6-16(3)7-11-18)31-23(26)25-32(29,30)19-12-8-17(5-2)9-13-19/h4,6-13,20H,1,5,14-15H2,2-3H3,(H,24,27)/b25-23-. The molecule has 0 aromatic heterocycles. The van der Waals surface area contributed by atoms with Crippen LogP contribution in [-0.4, -0.2) is 42.1 Å². The van der Waals surface area contributed by atoms with Gasteiger partial charge in [-0.3, -0.25) is 14.5 Å². The minimum Gasteiger partial charge on any atom is -0.326 e. The van der Waals surface area contributed by atoms with Crippen molar-refractivity contribution >= 4 is 44.5 Å². The molecule has 168 valence electrons. The fourth-order valence-electron chi connectivity index (χ4n) is 3.08. The monoisotopic (exact) mass is 471 g/mol. The Morgan fingerprint density at radius 3 is 2.44 bits per heavy atom. The second-order valence-corrected chi connectivity index (χ2v) is 10.1. The number of aryl methyl sites for hydroxylation is 2. The van der Waals surface area contributed by atoms with Crippen LogP contribution in [0.1, 0.15) is 24.5 Å². The van der Waals surface area contributed by atoms with Crippen molar-refractivity contribution in [3.05, 3.63) is 72.3 Å². The van der Waals surface area contributed by atoms with E-state index in [1.54, 1.807) is 24.3 Å². The van der Waals surface area contributed by atoms with Crippen LogP contribution in [0.3, 0.4) is 0 Å². The molecule has 1 unspecified atom stereocenters. The number of sulfonamides is 1. The van der Waals surface area contributed by atoms with E-state index in [2.05, 4.69) is 16.3 Å². The predicted octanol–water partition coefficient (Wildman–Crippen LogP) is 3.76. The van der Waals surface area contributed by atoms with Crippen molar-refractivity contribution in [2.45, 2.75) is 36.8 Å². The van der Waals surface area contributed by atoms with Crippen LogP contribution in [0.5, 0.6) is 0 Å². The molecular formula is C23H25N3O4S2. The number of thioether (sulfide) groups is 1. The van der Waals surface area contributed by atoms with Gasteiger partial charge in [-0.05, 0) is 43.2 Å². The van der Waals surface area contributed by atoms with Crippen LogP contribution in [-0.2, 0) is 26.0 Å². The van der Waals surface area contributed by atoms with Crippen molar-refractivity contribution < 1.29 is 18.0 Å². The summed E-state index contributed by atoms with van der Waals surface area (Å²) in [5, 5.41) is 2.04. The molecule has 1 fully saturated rings. The van der Waals surface area contributed by atoms with E-state index in [-0.39, 0.29) is 34.8 Å². The zero-order valence-corrected chi connectivity index (χ0v) is 19.6. The number of nitrogens with one attached hydrogen (secondary N) is 1. The maximum atomic E-state index is 12.8. The van der Waals surface area contributed by atoms with Gasteiger partial charge >= 0.3 is 0 Å². The van der Waals surface area contributed by atoms with Crippen molar-refractivity contribution in [2.24, 2.45) is 4.40 Å². The van der Waals surface area contributed by atoms with Crippen LogP contribution < -0.4 is 5.32 Å². The topological polar surface area (TPSA) is 95.9 Å². The molecule has 9 heteroatoms. The lowest BCUT2D eigenvalue weighted by Crippen LogP contribution is -2.33. The maximum absolute atomic E-state index is 12.8. The second-order valence-electron chi connectivity index (χ2n) is 7.31. The fourth-order valence-corrected chi connectivity index (χ4v) is 5.44. The quantitative estimate of drug-likeness (QED) is 0.592. The zero-order valence-electron chi connectivity index (χ0n) is 17.9. The van der Waals surface area contributed by atoms with E-state index in [0.717, 1.165) is 29.3 Å². The van der Waals surface area contributed by atoms with Gasteiger partial charge in [0.2, 0.25) is 11.8 Å². The normalized spacial score (nSPS) is 17.6. The average molecular weight is 472 g/mol. The van der Waals surface area contributed by atoms with Gasteiger partial charge in [0.05, 0.1) is 4.90 Å². The number of hydrogen-bond donors (Lipinski definition) is 1. The van der Waals surface area contributed by atoms with Gasteiger partial charge in [0.1, 0.15) is 5.25 Å². The molecule has 0 spiro atoms. The van der Waals surface area contributed by atoms with Crippen molar-refractivity contribution in [3.63, 3.8) is 0 Å². The van der Waals surface area contributed by atoms with Crippen LogP contribution in [0, 0.1) is 6.92 Å². The van der Waals surface area contributed by atoms with Gasteiger partial charge in [-0.1, -0.05) is 54.6 Å². The highest BCUT2D eigenvalue weighted by molar-refractivity contribution is 8.16. The molecule has 0 saturated carbocycles. The smallest absolute Gasteiger partial charge is 0.284 e. The van der Waals surface area contributed by atoms with Crippen molar-refractivity contribution in [3.8, 4) is 0 Å². The Morgan fingerprint density at radius 1 is 1.19 bits per heavy atom. The van der Waals surface area contributed by atoms with Crippen LogP contribution in [0.25, 0.3) is 0 Å². The Kier molecular flexibility index (Phi) is 7.52. The molecular weight excluding hydrogens is 446 g/mol. The third kappa shape index (κ3) is 5.66. The number of amides is 2. The van der Waals surface area contributed by atoms with E-state index in [4.69, 9.17) is 0 Å². The Balaban J connectivity index is 1.78. The molecule has 1 heterocycles. The molecule has 2 aromatic rings. The number of anilines is 1. The first-order valence-corrected chi connectivity index (χ1v) is 12.4. The summed E-state index contributed by atoms with van der Waals surface area (Å²) in [5.41, 5.74) is 2.71. The minimum absolute atomic E-state index is 0.0441. The lowest BCUT2D eigenvalue weighted by Gasteiger charge is -2.13. The fraction of sp³-hybridized carbons (Fsp3) is 0.261. The molecule has 0 aliphatic carbocycles. The van der Waals surface area contributed by atoms with E-state index in [1.165, 1.54) is 23.1 Å². The van der Waals surface area contributed by atoms with Gasteiger partial charge in [0.25, 0.3) is 10.0 Å². The Hall–Kier alpha value is -2.91. The molecule has 0 bridgehead atoms. The van der Waals surface area contributed by atoms with E-state index >= 15 is 0 Å². The Morgan fingerprint density at radius 2 is 1.84 bits per heavy atom. The van der Waals surface area contributed by atoms with E-state index in [0.29, 0.717) is 5.69 Å². The average Bonchev–Trinajstić information content (AvgIpc) is 3.04. The first kappa shape index (κ1) is 23.7. The number of nitrogens with zero attached hydrogens (tertiary/aromatic N) is 2. The first-order valence-electron chi connectivity index (χ1n) is 10.1. The van der Waals surface area contributed by atoms with Crippen molar-refractivity contribution in [1.29, 1.82) is 0 Å². The minimum atomic E-state index is -4.01. The zero-order chi connectivity index (χ0) is 23.3. The van der Waals surface area contributed by atoms with Crippen LogP contribution >= 0.6 is 11.8 Å². The number of rotatable bonds is 8. The molecule has 7 nitrogen and oxygen atoms in total. The molecule has 0 radical (unpaired) electrons. The van der Waals surface area contributed by atoms with Crippen LogP contribution in [0.2, 0.25) is 0 Å². The molecule has 1 N–H and O–H groups in total. The first-order chi connectivity index (χ1) is 15.2. The largest absolute Gasteiger partial charge is 0.326 e. The highest BCUT2D eigenvalue weighted by Gasteiger charge is 2.39. The van der Waals surface area contributed by atoms with E-state index < -0.39 is 15.3 Å². The van der Waals surface area contributed by atoms with Gasteiger partial charge in [0, 0.05) is 18.7 Å². The number of carbonyl (C=O) groups is 2. The van der Waals surface area contributed by atoms with Crippen molar-refractivity contribution in [1.82, 2.24) is 4.90 Å². The molecule has 1 aliphatic rings. The van der Waals surface area contributed by atoms with Gasteiger partial charge in [-0.2, -0.15) is 8.42 Å². The lowest BCUT2D eigenvalue weighted by molar-refractivity contribution is -0.127. The van der Waals surface area contributed by atoms with Gasteiger partial charge in [-0.25, -0.2) is 0 Å². The third-order valence-corrected chi connectivity index (χ3v) is 7.44. The number of benzene rings is 2. The highest BCUT2D eigenvalue weighted by Crippen LogP contribution is 2.31. The molecule has 1 atom stereocenters. The summed E-state index contributed by atoms with van der Waals surface area (Å²) in [6.45, 7) is 7.66. The van der Waals surface area contributed by atoms with Crippen molar-refractivity contribution in [2.75, 3.05) is 11.9 Å². The Labute approximate surface area is 192 Å². The molecule has 2 amide bonds. The summed E-state index contributed by atoms with van der Waals surface area (Å²) in [6.07, 6.45) is 2.18. The summed E-state index contributed by atoms with van der Waals surface area (Å²) in [6, 6.07) is 13.8. The third-order valence-electron chi connectivity index (χ3n) is 4.87. The number of hydrogen-bond acceptors (Lipinski definition) is 5. The molecule has 3 rings (SSSR count). The summed E-state index contributed by atoms with van der Waals surface area (Å²) in [5.74, 6) is -0.707. The lowest BCUT2D eigenvalue weighted by atomic mass is 10.2.